The Hall–Kier alpha value is -1.81. The van der Waals surface area contributed by atoms with Crippen LogP contribution in [0.1, 0.15) is 15.9 Å². The van der Waals surface area contributed by atoms with Crippen molar-refractivity contribution in [1.29, 1.82) is 0 Å². The van der Waals surface area contributed by atoms with Crippen molar-refractivity contribution in [3.05, 3.63) is 65.5 Å². The molecule has 2 aromatic carbocycles. The fourth-order valence-corrected chi connectivity index (χ4v) is 2.79. The maximum atomic E-state index is 13.5. The van der Waals surface area contributed by atoms with Crippen LogP contribution in [0.15, 0.2) is 53.4 Å². The third-order valence-corrected chi connectivity index (χ3v) is 3.77. The van der Waals surface area contributed by atoms with Gasteiger partial charge < -0.3 is 4.74 Å². The smallest absolute Gasteiger partial charge is 0.337 e. The van der Waals surface area contributed by atoms with Crippen LogP contribution in [-0.4, -0.2) is 18.8 Å². The van der Waals surface area contributed by atoms with Crippen LogP contribution in [0.25, 0.3) is 0 Å². The van der Waals surface area contributed by atoms with Crippen LogP contribution in [0.4, 0.5) is 4.39 Å². The highest BCUT2D eigenvalue weighted by molar-refractivity contribution is 7.99. The van der Waals surface area contributed by atoms with Crippen molar-refractivity contribution in [3.63, 3.8) is 0 Å². The van der Waals surface area contributed by atoms with E-state index < -0.39 is 11.8 Å². The summed E-state index contributed by atoms with van der Waals surface area (Å²) >= 11 is 1.52. The average Bonchev–Trinajstić information content (AvgIpc) is 2.47. The number of carbonyl (C=O) groups is 1. The third kappa shape index (κ3) is 4.10. The first-order valence-electron chi connectivity index (χ1n) is 6.24. The standard InChI is InChI=1S/C16H15FO2S/c1-19-16(18)13-9-14(17)11-15(10-13)20-8-7-12-5-3-2-4-6-12/h2-6,9-11H,7-8H2,1H3. The summed E-state index contributed by atoms with van der Waals surface area (Å²) in [7, 11) is 1.29. The van der Waals surface area contributed by atoms with Crippen LogP contribution >= 0.6 is 11.8 Å². The van der Waals surface area contributed by atoms with Crippen LogP contribution in [0.3, 0.4) is 0 Å². The number of methoxy groups -OCH3 is 1. The number of aryl methyl sites for hydroxylation is 1. The average molecular weight is 290 g/mol. The van der Waals surface area contributed by atoms with Gasteiger partial charge in [-0.05, 0) is 30.2 Å². The highest BCUT2D eigenvalue weighted by Gasteiger charge is 2.09. The van der Waals surface area contributed by atoms with Gasteiger partial charge in [0.15, 0.2) is 0 Å². The second-order valence-electron chi connectivity index (χ2n) is 4.25. The van der Waals surface area contributed by atoms with Gasteiger partial charge in [-0.15, -0.1) is 11.8 Å². The zero-order valence-electron chi connectivity index (χ0n) is 11.1. The molecule has 4 heteroatoms. The predicted octanol–water partition coefficient (Wildman–Crippen LogP) is 3.95. The molecule has 0 aromatic heterocycles. The maximum Gasteiger partial charge on any atom is 0.337 e. The summed E-state index contributed by atoms with van der Waals surface area (Å²) in [6.45, 7) is 0. The van der Waals surface area contributed by atoms with E-state index in [1.807, 2.05) is 18.2 Å². The number of rotatable bonds is 5. The molecule has 0 amide bonds. The van der Waals surface area contributed by atoms with Gasteiger partial charge in [-0.1, -0.05) is 30.3 Å². The van der Waals surface area contributed by atoms with E-state index in [2.05, 4.69) is 16.9 Å². The number of hydrogen-bond donors (Lipinski definition) is 0. The molecule has 0 fully saturated rings. The van der Waals surface area contributed by atoms with E-state index in [4.69, 9.17) is 0 Å². The molecule has 20 heavy (non-hydrogen) atoms. The fourth-order valence-electron chi connectivity index (χ4n) is 1.81. The second kappa shape index (κ2) is 7.10. The van der Waals surface area contributed by atoms with Gasteiger partial charge in [0, 0.05) is 10.6 Å². The summed E-state index contributed by atoms with van der Waals surface area (Å²) in [6, 6.07) is 14.4. The molecule has 0 N–H and O–H groups in total. The highest BCUT2D eigenvalue weighted by atomic mass is 32.2. The van der Waals surface area contributed by atoms with Crippen LogP contribution in [0.2, 0.25) is 0 Å². The lowest BCUT2D eigenvalue weighted by Gasteiger charge is -2.05. The number of ether oxygens (including phenoxy) is 1. The summed E-state index contributed by atoms with van der Waals surface area (Å²) in [5.74, 6) is -0.113. The monoisotopic (exact) mass is 290 g/mol. The van der Waals surface area contributed by atoms with Gasteiger partial charge in [0.1, 0.15) is 5.82 Å². The normalized spacial score (nSPS) is 10.3. The number of benzene rings is 2. The van der Waals surface area contributed by atoms with Crippen LogP contribution < -0.4 is 0 Å². The van der Waals surface area contributed by atoms with Crippen molar-refractivity contribution in [1.82, 2.24) is 0 Å². The van der Waals surface area contributed by atoms with Gasteiger partial charge >= 0.3 is 5.97 Å². The number of esters is 1. The molecule has 0 spiro atoms. The summed E-state index contributed by atoms with van der Waals surface area (Å²) in [6.07, 6.45) is 0.898. The lowest BCUT2D eigenvalue weighted by molar-refractivity contribution is 0.0600. The second-order valence-corrected chi connectivity index (χ2v) is 5.42. The molecule has 0 heterocycles. The molecule has 2 nitrogen and oxygen atoms in total. The quantitative estimate of drug-likeness (QED) is 0.616. The minimum Gasteiger partial charge on any atom is -0.465 e. The summed E-state index contributed by atoms with van der Waals surface area (Å²) < 4.78 is 18.1. The van der Waals surface area contributed by atoms with Crippen molar-refractivity contribution in [2.24, 2.45) is 0 Å². The molecule has 0 radical (unpaired) electrons. The van der Waals surface area contributed by atoms with Gasteiger partial charge in [0.2, 0.25) is 0 Å². The molecule has 2 aromatic rings. The lowest BCUT2D eigenvalue weighted by Crippen LogP contribution is -2.02. The van der Waals surface area contributed by atoms with Crippen molar-refractivity contribution in [3.8, 4) is 0 Å². The van der Waals surface area contributed by atoms with Crippen LogP contribution in [-0.2, 0) is 11.2 Å². The Morgan fingerprint density at radius 1 is 1.20 bits per heavy atom. The molecule has 2 rings (SSSR count). The SMILES string of the molecule is COC(=O)c1cc(F)cc(SCCc2ccccc2)c1. The molecule has 0 aliphatic heterocycles. The Balaban J connectivity index is 1.99. The minimum absolute atomic E-state index is 0.245. The van der Waals surface area contributed by atoms with Gasteiger partial charge in [0.05, 0.1) is 12.7 Å². The van der Waals surface area contributed by atoms with Crippen molar-refractivity contribution < 1.29 is 13.9 Å². The minimum atomic E-state index is -0.519. The molecular formula is C16H15FO2S. The van der Waals surface area contributed by atoms with Crippen molar-refractivity contribution >= 4 is 17.7 Å². The predicted molar refractivity (Wildman–Crippen MR) is 78.6 cm³/mol. The van der Waals surface area contributed by atoms with Crippen LogP contribution in [0, 0.1) is 5.82 Å². The fraction of sp³-hybridized carbons (Fsp3) is 0.188. The van der Waals surface area contributed by atoms with E-state index in [0.717, 1.165) is 17.1 Å². The first kappa shape index (κ1) is 14.6. The lowest BCUT2D eigenvalue weighted by atomic mass is 10.2. The summed E-state index contributed by atoms with van der Waals surface area (Å²) in [4.78, 5) is 12.2. The number of halogens is 1. The zero-order chi connectivity index (χ0) is 14.4. The van der Waals surface area contributed by atoms with E-state index >= 15 is 0 Å². The topological polar surface area (TPSA) is 26.3 Å². The van der Waals surface area contributed by atoms with Gasteiger partial charge in [0.25, 0.3) is 0 Å². The van der Waals surface area contributed by atoms with E-state index in [0.29, 0.717) is 0 Å². The molecular weight excluding hydrogens is 275 g/mol. The molecule has 104 valence electrons. The zero-order valence-corrected chi connectivity index (χ0v) is 12.0. The van der Waals surface area contributed by atoms with Gasteiger partial charge in [-0.2, -0.15) is 0 Å². The molecule has 0 saturated heterocycles. The molecule has 0 saturated carbocycles. The molecule has 0 unspecified atom stereocenters. The number of hydrogen-bond acceptors (Lipinski definition) is 3. The van der Waals surface area contributed by atoms with Crippen molar-refractivity contribution in [2.75, 3.05) is 12.9 Å². The summed E-state index contributed by atoms with van der Waals surface area (Å²) in [5, 5.41) is 0. The highest BCUT2D eigenvalue weighted by Crippen LogP contribution is 2.22. The Bertz CT molecular complexity index is 584. The Morgan fingerprint density at radius 2 is 1.95 bits per heavy atom. The van der Waals surface area contributed by atoms with Crippen molar-refractivity contribution in [2.45, 2.75) is 11.3 Å². The Kier molecular flexibility index (Phi) is 5.18. The van der Waals surface area contributed by atoms with E-state index in [1.54, 1.807) is 6.07 Å². The number of carbonyl (C=O) groups excluding carboxylic acids is 1. The molecule has 0 bridgehead atoms. The van der Waals surface area contributed by atoms with E-state index in [-0.39, 0.29) is 5.56 Å². The largest absolute Gasteiger partial charge is 0.465 e. The first-order valence-corrected chi connectivity index (χ1v) is 7.23. The Morgan fingerprint density at radius 3 is 2.65 bits per heavy atom. The maximum absolute atomic E-state index is 13.5. The van der Waals surface area contributed by atoms with Gasteiger partial charge in [-0.25, -0.2) is 9.18 Å². The van der Waals surface area contributed by atoms with E-state index in [1.165, 1.54) is 36.6 Å². The first-order chi connectivity index (χ1) is 9.69. The van der Waals surface area contributed by atoms with Crippen LogP contribution in [0.5, 0.6) is 0 Å². The van der Waals surface area contributed by atoms with E-state index in [9.17, 15) is 9.18 Å². The number of thioether (sulfide) groups is 1. The molecule has 0 aliphatic carbocycles. The summed E-state index contributed by atoms with van der Waals surface area (Å²) in [5.41, 5.74) is 1.49. The Labute approximate surface area is 122 Å². The molecule has 0 aliphatic rings. The molecule has 0 atom stereocenters. The third-order valence-electron chi connectivity index (χ3n) is 2.79. The van der Waals surface area contributed by atoms with Gasteiger partial charge in [-0.3, -0.25) is 0 Å².